The summed E-state index contributed by atoms with van der Waals surface area (Å²) in [5.74, 6) is -0.625. The Kier molecular flexibility index (Phi) is 8.11. The Morgan fingerprint density at radius 1 is 1.21 bits per heavy atom. The number of benzene rings is 2. The number of carbonyl (C=O) groups excluding carboxylic acids is 1. The summed E-state index contributed by atoms with van der Waals surface area (Å²) in [6.07, 6.45) is 2.52. The minimum absolute atomic E-state index is 0.0226. The third-order valence-corrected chi connectivity index (χ3v) is 8.43. The molecule has 0 unspecified atom stereocenters. The van der Waals surface area contributed by atoms with Gasteiger partial charge in [0.1, 0.15) is 11.4 Å². The van der Waals surface area contributed by atoms with E-state index in [4.69, 9.17) is 16.3 Å². The Balaban J connectivity index is 1.65. The number of sulfonamides is 1. The van der Waals surface area contributed by atoms with Crippen LogP contribution in [-0.4, -0.2) is 36.4 Å². The number of hydrogen-bond acceptors (Lipinski definition) is 5. The maximum atomic E-state index is 14.4. The molecule has 202 valence electrons. The van der Waals surface area contributed by atoms with Crippen LogP contribution in [0.4, 0.5) is 4.39 Å². The summed E-state index contributed by atoms with van der Waals surface area (Å²) in [7, 11) is -3.87. The summed E-state index contributed by atoms with van der Waals surface area (Å²) in [6.45, 7) is 7.76. The fraction of sp³-hybridized carbons (Fsp3) is 0.357. The fourth-order valence-electron chi connectivity index (χ4n) is 4.47. The van der Waals surface area contributed by atoms with Gasteiger partial charge in [0.05, 0.1) is 23.0 Å². The zero-order chi connectivity index (χ0) is 27.7. The van der Waals surface area contributed by atoms with Crippen molar-refractivity contribution in [2.75, 3.05) is 6.54 Å². The molecule has 0 aliphatic carbocycles. The molecule has 1 aliphatic rings. The van der Waals surface area contributed by atoms with Crippen molar-refractivity contribution in [1.82, 2.24) is 14.6 Å². The van der Waals surface area contributed by atoms with Gasteiger partial charge in [-0.25, -0.2) is 22.5 Å². The number of amides is 1. The van der Waals surface area contributed by atoms with Gasteiger partial charge in [0.25, 0.3) is 5.91 Å². The molecule has 7 nitrogen and oxygen atoms in total. The number of aromatic nitrogens is 1. The minimum atomic E-state index is -3.87. The van der Waals surface area contributed by atoms with E-state index in [1.54, 1.807) is 43.3 Å². The average Bonchev–Trinajstić information content (AvgIpc) is 2.87. The molecule has 10 heteroatoms. The van der Waals surface area contributed by atoms with E-state index < -0.39 is 27.5 Å². The Labute approximate surface area is 228 Å². The molecule has 2 aromatic carbocycles. The number of rotatable bonds is 8. The Morgan fingerprint density at radius 2 is 1.92 bits per heavy atom. The first-order valence-electron chi connectivity index (χ1n) is 12.5. The van der Waals surface area contributed by atoms with Crippen molar-refractivity contribution in [2.24, 2.45) is 0 Å². The van der Waals surface area contributed by atoms with Crippen molar-refractivity contribution in [2.45, 2.75) is 63.6 Å². The molecule has 1 amide bonds. The first kappa shape index (κ1) is 28.0. The third-order valence-electron chi connectivity index (χ3n) is 6.59. The quantitative estimate of drug-likeness (QED) is 0.383. The lowest BCUT2D eigenvalue weighted by Crippen LogP contribution is -2.42. The topological polar surface area (TPSA) is 88.6 Å². The predicted molar refractivity (Wildman–Crippen MR) is 144 cm³/mol. The zero-order valence-electron chi connectivity index (χ0n) is 21.8. The Bertz CT molecular complexity index is 1420. The number of carbonyl (C=O) groups is 1. The van der Waals surface area contributed by atoms with Crippen LogP contribution in [0.1, 0.15) is 67.2 Å². The molecular weight excluding hydrogens is 529 g/mol. The van der Waals surface area contributed by atoms with E-state index in [1.807, 2.05) is 20.8 Å². The smallest absolute Gasteiger partial charge is 0.255 e. The summed E-state index contributed by atoms with van der Waals surface area (Å²) in [5.41, 5.74) is 1.26. The van der Waals surface area contributed by atoms with Gasteiger partial charge in [-0.15, -0.1) is 0 Å². The van der Waals surface area contributed by atoms with Crippen LogP contribution in [0.15, 0.2) is 59.6 Å². The molecule has 4 rings (SSSR count). The van der Waals surface area contributed by atoms with Crippen LogP contribution in [0, 0.1) is 5.82 Å². The standard InChI is InChI=1S/C28H31ClFN3O4S/c1-5-18-10-12-20(13-11-18)38(35,36)32-25-15-28(3,4)37-26-21(25)14-19(16-31-26)27(34)33(6-2)17-22-23(29)8-7-9-24(22)30/h7-14,16,25,32H,5-6,15,17H2,1-4H3/t25-/m0/s1. The van der Waals surface area contributed by atoms with Gasteiger partial charge >= 0.3 is 0 Å². The lowest BCUT2D eigenvalue weighted by atomic mass is 9.91. The van der Waals surface area contributed by atoms with Crippen LogP contribution in [-0.2, 0) is 23.0 Å². The van der Waals surface area contributed by atoms with Crippen molar-refractivity contribution in [3.8, 4) is 5.88 Å². The predicted octanol–water partition coefficient (Wildman–Crippen LogP) is 5.68. The SMILES string of the molecule is CCc1ccc(S(=O)(=O)N[C@H]2CC(C)(C)Oc3ncc(C(=O)N(CC)Cc4c(F)cccc4Cl)cc32)cc1. The van der Waals surface area contributed by atoms with E-state index >= 15 is 0 Å². The largest absolute Gasteiger partial charge is 0.471 e. The number of halogens is 2. The summed E-state index contributed by atoms with van der Waals surface area (Å²) in [4.78, 5) is 19.4. The molecule has 1 N–H and O–H groups in total. The Morgan fingerprint density at radius 3 is 2.55 bits per heavy atom. The molecule has 3 aromatic rings. The first-order valence-corrected chi connectivity index (χ1v) is 14.3. The monoisotopic (exact) mass is 559 g/mol. The number of hydrogen-bond donors (Lipinski definition) is 1. The van der Waals surface area contributed by atoms with Crippen molar-refractivity contribution in [3.05, 3.63) is 87.8 Å². The second-order valence-electron chi connectivity index (χ2n) is 9.88. The average molecular weight is 560 g/mol. The van der Waals surface area contributed by atoms with E-state index in [-0.39, 0.29) is 39.4 Å². The highest BCUT2D eigenvalue weighted by atomic mass is 35.5. The van der Waals surface area contributed by atoms with Crippen molar-refractivity contribution >= 4 is 27.5 Å². The van der Waals surface area contributed by atoms with E-state index in [1.165, 1.54) is 23.2 Å². The van der Waals surface area contributed by atoms with E-state index in [0.717, 1.165) is 12.0 Å². The van der Waals surface area contributed by atoms with Gasteiger partial charge in [0.15, 0.2) is 0 Å². The molecule has 0 saturated heterocycles. The number of pyridine rings is 1. The van der Waals surface area contributed by atoms with Crippen molar-refractivity contribution < 1.29 is 22.3 Å². The lowest BCUT2D eigenvalue weighted by molar-refractivity contribution is 0.0637. The summed E-state index contributed by atoms with van der Waals surface area (Å²) < 4.78 is 49.7. The maximum absolute atomic E-state index is 14.4. The molecule has 2 heterocycles. The van der Waals surface area contributed by atoms with Gasteiger partial charge in [0.2, 0.25) is 15.9 Å². The number of nitrogens with one attached hydrogen (secondary N) is 1. The maximum Gasteiger partial charge on any atom is 0.255 e. The summed E-state index contributed by atoms with van der Waals surface area (Å²) in [6, 6.07) is 12.0. The molecule has 1 atom stereocenters. The number of ether oxygens (including phenoxy) is 1. The molecule has 0 radical (unpaired) electrons. The summed E-state index contributed by atoms with van der Waals surface area (Å²) in [5, 5.41) is 0.233. The summed E-state index contributed by atoms with van der Waals surface area (Å²) >= 11 is 6.18. The van der Waals surface area contributed by atoms with Crippen LogP contribution in [0.25, 0.3) is 0 Å². The first-order chi connectivity index (χ1) is 17.9. The number of fused-ring (bicyclic) bond motifs is 1. The number of aryl methyl sites for hydroxylation is 1. The second-order valence-corrected chi connectivity index (χ2v) is 12.0. The third kappa shape index (κ3) is 6.00. The highest BCUT2D eigenvalue weighted by molar-refractivity contribution is 7.89. The van der Waals surface area contributed by atoms with Crippen LogP contribution >= 0.6 is 11.6 Å². The molecule has 1 aromatic heterocycles. The van der Waals surface area contributed by atoms with E-state index in [2.05, 4.69) is 9.71 Å². The Hall–Kier alpha value is -3.01. The van der Waals surface area contributed by atoms with Gasteiger partial charge in [-0.3, -0.25) is 4.79 Å². The highest BCUT2D eigenvalue weighted by Crippen LogP contribution is 2.39. The molecule has 38 heavy (non-hydrogen) atoms. The fourth-order valence-corrected chi connectivity index (χ4v) is 5.91. The van der Waals surface area contributed by atoms with Gasteiger partial charge in [-0.05, 0) is 63.1 Å². The van der Waals surface area contributed by atoms with Crippen molar-refractivity contribution in [1.29, 1.82) is 0 Å². The van der Waals surface area contributed by atoms with Crippen LogP contribution in [0.2, 0.25) is 5.02 Å². The molecule has 0 bridgehead atoms. The van der Waals surface area contributed by atoms with E-state index in [9.17, 15) is 17.6 Å². The van der Waals surface area contributed by atoms with Gasteiger partial charge in [-0.1, -0.05) is 36.7 Å². The number of nitrogens with zero attached hydrogens (tertiary/aromatic N) is 2. The normalized spacial score (nSPS) is 16.4. The minimum Gasteiger partial charge on any atom is -0.471 e. The van der Waals surface area contributed by atoms with Crippen LogP contribution in [0.5, 0.6) is 5.88 Å². The van der Waals surface area contributed by atoms with Gasteiger partial charge < -0.3 is 9.64 Å². The van der Waals surface area contributed by atoms with Crippen LogP contribution in [0.3, 0.4) is 0 Å². The second kappa shape index (κ2) is 11.0. The molecule has 0 saturated carbocycles. The molecule has 0 fully saturated rings. The molecule has 0 spiro atoms. The highest BCUT2D eigenvalue weighted by Gasteiger charge is 2.37. The zero-order valence-corrected chi connectivity index (χ0v) is 23.4. The van der Waals surface area contributed by atoms with Crippen LogP contribution < -0.4 is 9.46 Å². The van der Waals surface area contributed by atoms with Crippen molar-refractivity contribution in [3.63, 3.8) is 0 Å². The van der Waals surface area contributed by atoms with Gasteiger partial charge in [0, 0.05) is 35.3 Å². The van der Waals surface area contributed by atoms with Gasteiger partial charge in [-0.2, -0.15) is 0 Å². The lowest BCUT2D eigenvalue weighted by Gasteiger charge is -2.37. The molecule has 1 aliphatic heterocycles. The van der Waals surface area contributed by atoms with E-state index in [0.29, 0.717) is 18.5 Å². The molecular formula is C28H31ClFN3O4S.